The summed E-state index contributed by atoms with van der Waals surface area (Å²) >= 11 is 6.87. The zero-order valence-corrected chi connectivity index (χ0v) is 28.4. The topological polar surface area (TPSA) is 92.0 Å². The van der Waals surface area contributed by atoms with Crippen LogP contribution in [-0.2, 0) is 36.9 Å². The Bertz CT molecular complexity index is 1710. The van der Waals surface area contributed by atoms with E-state index in [1.54, 1.807) is 24.3 Å². The molecule has 3 aromatic carbocycles. The van der Waals surface area contributed by atoms with Crippen LogP contribution in [0.5, 0.6) is 0 Å². The number of rotatable bonds is 6. The highest BCUT2D eigenvalue weighted by molar-refractivity contribution is 9.10. The number of aromatic nitrogens is 2. The molecule has 4 aromatic rings. The van der Waals surface area contributed by atoms with E-state index in [1.165, 1.54) is 22.0 Å². The Morgan fingerprint density at radius 1 is 0.907 bits per heavy atom. The monoisotopic (exact) mass is 731 g/mol. The molecule has 8 nitrogen and oxygen atoms in total. The van der Waals surface area contributed by atoms with Crippen LogP contribution in [0.25, 0.3) is 10.9 Å². The number of halogens is 2. The van der Waals surface area contributed by atoms with E-state index in [0.29, 0.717) is 13.2 Å². The summed E-state index contributed by atoms with van der Waals surface area (Å²) in [5, 5.41) is 5.62. The largest absolute Gasteiger partial charge is 0.380 e. The van der Waals surface area contributed by atoms with Gasteiger partial charge in [-0.25, -0.2) is 0 Å². The van der Waals surface area contributed by atoms with Gasteiger partial charge in [0.05, 0.1) is 62.7 Å². The first-order chi connectivity index (χ1) is 20.4. The molecule has 0 N–H and O–H groups in total. The van der Waals surface area contributed by atoms with Crippen LogP contribution in [0.2, 0.25) is 0 Å². The number of benzene rings is 3. The van der Waals surface area contributed by atoms with E-state index < -0.39 is 10.1 Å². The molecule has 2 saturated heterocycles. The van der Waals surface area contributed by atoms with Crippen molar-refractivity contribution in [2.45, 2.75) is 38.8 Å². The summed E-state index contributed by atoms with van der Waals surface area (Å²) in [6.07, 6.45) is 3.84. The number of aliphatic imine (C=N–C) groups is 1. The van der Waals surface area contributed by atoms with Crippen LogP contribution in [0.4, 0.5) is 0 Å². The van der Waals surface area contributed by atoms with Crippen molar-refractivity contribution in [3.05, 3.63) is 92.5 Å². The number of nitrogens with zero attached hydrogens (tertiary/aromatic N) is 3. The van der Waals surface area contributed by atoms with Crippen molar-refractivity contribution >= 4 is 59.1 Å². The summed E-state index contributed by atoms with van der Waals surface area (Å²) in [6.45, 7) is 10.8. The van der Waals surface area contributed by atoms with Gasteiger partial charge in [-0.15, -0.1) is 0 Å². The molecule has 7 rings (SSSR count). The SMILES string of the molecule is Brc1ccc2c(c1)C=NC2.CC1(Cn2ncc3cc(Br)ccc32)COC1.Cc1ccc(S(=O)(=O)OCC2(C)COC2)cc1. The molecule has 228 valence electrons. The maximum atomic E-state index is 11.9. The van der Waals surface area contributed by atoms with Crippen molar-refractivity contribution in [2.24, 2.45) is 15.8 Å². The van der Waals surface area contributed by atoms with Crippen molar-refractivity contribution < 1.29 is 22.1 Å². The van der Waals surface area contributed by atoms with Gasteiger partial charge in [0.15, 0.2) is 0 Å². The van der Waals surface area contributed by atoms with Crippen LogP contribution < -0.4 is 0 Å². The zero-order chi connectivity index (χ0) is 30.7. The number of hydrogen-bond acceptors (Lipinski definition) is 7. The van der Waals surface area contributed by atoms with Gasteiger partial charge in [-0.3, -0.25) is 13.9 Å². The predicted octanol–water partition coefficient (Wildman–Crippen LogP) is 6.95. The Morgan fingerprint density at radius 2 is 1.56 bits per heavy atom. The summed E-state index contributed by atoms with van der Waals surface area (Å²) in [4.78, 5) is 4.35. The van der Waals surface area contributed by atoms with Gasteiger partial charge in [0, 0.05) is 31.4 Å². The molecule has 0 bridgehead atoms. The molecule has 2 fully saturated rings. The lowest BCUT2D eigenvalue weighted by molar-refractivity contribution is -0.119. The normalized spacial score (nSPS) is 17.5. The molecule has 0 spiro atoms. The smallest absolute Gasteiger partial charge is 0.296 e. The maximum Gasteiger partial charge on any atom is 0.296 e. The molecule has 3 aliphatic rings. The van der Waals surface area contributed by atoms with Crippen molar-refractivity contribution in [1.82, 2.24) is 9.78 Å². The molecule has 3 aliphatic heterocycles. The van der Waals surface area contributed by atoms with E-state index in [4.69, 9.17) is 13.7 Å². The molecule has 0 aliphatic carbocycles. The second-order valence-electron chi connectivity index (χ2n) is 12.0. The summed E-state index contributed by atoms with van der Waals surface area (Å²) < 4.78 is 43.4. The Morgan fingerprint density at radius 3 is 2.21 bits per heavy atom. The third-order valence-corrected chi connectivity index (χ3v) is 9.67. The Kier molecular flexibility index (Phi) is 9.89. The molecule has 4 heterocycles. The fourth-order valence-corrected chi connectivity index (χ4v) is 6.49. The summed E-state index contributed by atoms with van der Waals surface area (Å²) in [6, 6.07) is 19.1. The summed E-state index contributed by atoms with van der Waals surface area (Å²) in [5.41, 5.74) is 4.86. The standard InChI is InChI=1S/C12H13BrN2O.C12H16O4S.C8H6BrN/c1-12(7-16-8-12)6-15-11-3-2-10(13)4-9(11)5-14-15;1-10-3-5-11(6-4-10)17(13,14)16-9-12(2)7-15-8-12;9-8-2-1-6-4-10-5-7(6)3-8/h2-5H,6-8H2,1H3;3-6H,7-9H2,1-2H3;1-3,5H,4H2. The lowest BCUT2D eigenvalue weighted by atomic mass is 9.89. The quantitative estimate of drug-likeness (QED) is 0.199. The minimum absolute atomic E-state index is 0.169. The van der Waals surface area contributed by atoms with Crippen LogP contribution in [0.1, 0.15) is 30.5 Å². The molecular formula is C32H35Br2N3O5S. The number of aryl methyl sites for hydroxylation is 1. The third-order valence-electron chi connectivity index (χ3n) is 7.41. The molecule has 0 saturated carbocycles. The third kappa shape index (κ3) is 8.20. The lowest BCUT2D eigenvalue weighted by Gasteiger charge is -2.37. The first-order valence-corrected chi connectivity index (χ1v) is 16.9. The second-order valence-corrected chi connectivity index (χ2v) is 15.4. The Labute approximate surface area is 269 Å². The zero-order valence-electron chi connectivity index (χ0n) is 24.4. The van der Waals surface area contributed by atoms with Gasteiger partial charge in [0.1, 0.15) is 0 Å². The van der Waals surface area contributed by atoms with Crippen molar-refractivity contribution in [1.29, 1.82) is 0 Å². The molecule has 0 unspecified atom stereocenters. The van der Waals surface area contributed by atoms with Crippen molar-refractivity contribution in [2.75, 3.05) is 33.0 Å². The first-order valence-electron chi connectivity index (χ1n) is 13.9. The number of hydrogen-bond donors (Lipinski definition) is 0. The van der Waals surface area contributed by atoms with Crippen LogP contribution >= 0.6 is 31.9 Å². The molecule has 43 heavy (non-hydrogen) atoms. The van der Waals surface area contributed by atoms with Gasteiger partial charge >= 0.3 is 0 Å². The fourth-order valence-electron chi connectivity index (χ4n) is 4.69. The van der Waals surface area contributed by atoms with E-state index in [9.17, 15) is 8.42 Å². The van der Waals surface area contributed by atoms with Gasteiger partial charge in [-0.1, -0.05) is 69.5 Å². The lowest BCUT2D eigenvalue weighted by Crippen LogP contribution is -2.44. The van der Waals surface area contributed by atoms with Crippen LogP contribution in [-0.4, -0.2) is 57.4 Å². The van der Waals surface area contributed by atoms with Crippen LogP contribution in [0.15, 0.2) is 85.7 Å². The highest BCUT2D eigenvalue weighted by Crippen LogP contribution is 2.30. The average Bonchev–Trinajstić information content (AvgIpc) is 3.57. The highest BCUT2D eigenvalue weighted by Gasteiger charge is 2.36. The summed E-state index contributed by atoms with van der Waals surface area (Å²) in [7, 11) is -3.64. The Hall–Kier alpha value is -2.41. The number of fused-ring (bicyclic) bond motifs is 2. The molecule has 0 radical (unpaired) electrons. The van der Waals surface area contributed by atoms with E-state index >= 15 is 0 Å². The van der Waals surface area contributed by atoms with Gasteiger partial charge in [-0.2, -0.15) is 13.5 Å². The molecule has 0 amide bonds. The maximum absolute atomic E-state index is 11.9. The molecule has 11 heteroatoms. The van der Waals surface area contributed by atoms with E-state index in [1.807, 2.05) is 32.3 Å². The Balaban J connectivity index is 0.000000133. The molecular weight excluding hydrogens is 698 g/mol. The van der Waals surface area contributed by atoms with Gasteiger partial charge < -0.3 is 9.47 Å². The predicted molar refractivity (Wildman–Crippen MR) is 175 cm³/mol. The minimum atomic E-state index is -3.64. The van der Waals surface area contributed by atoms with E-state index in [2.05, 4.69) is 83.9 Å². The fraction of sp³-hybridized carbons (Fsp3) is 0.375. The van der Waals surface area contributed by atoms with E-state index in [0.717, 1.165) is 40.8 Å². The number of ether oxygens (including phenoxy) is 2. The highest BCUT2D eigenvalue weighted by atomic mass is 79.9. The van der Waals surface area contributed by atoms with Crippen molar-refractivity contribution in [3.63, 3.8) is 0 Å². The van der Waals surface area contributed by atoms with Gasteiger partial charge in [-0.05, 0) is 60.5 Å². The van der Waals surface area contributed by atoms with Crippen LogP contribution in [0.3, 0.4) is 0 Å². The first kappa shape index (κ1) is 32.0. The van der Waals surface area contributed by atoms with Gasteiger partial charge in [0.2, 0.25) is 0 Å². The van der Waals surface area contributed by atoms with Gasteiger partial charge in [0.25, 0.3) is 10.1 Å². The minimum Gasteiger partial charge on any atom is -0.380 e. The molecule has 0 atom stereocenters. The average molecular weight is 734 g/mol. The molecule has 1 aromatic heterocycles. The van der Waals surface area contributed by atoms with E-state index in [-0.39, 0.29) is 22.3 Å². The van der Waals surface area contributed by atoms with Crippen molar-refractivity contribution in [3.8, 4) is 0 Å². The summed E-state index contributed by atoms with van der Waals surface area (Å²) in [5.74, 6) is 0. The van der Waals surface area contributed by atoms with Crippen LogP contribution in [0, 0.1) is 17.8 Å². The second kappa shape index (κ2) is 13.3.